The van der Waals surface area contributed by atoms with Gasteiger partial charge in [-0.1, -0.05) is 24.6 Å². The standard InChI is InChI=1S/C21H28N6O.HI/c1-4-22-21(23-12-17(3)14-27-11-5-10-25-27)24-13-19-15-28-20(26-19)18-8-6-16(2)7-9-18;/h5-11,15,17H,4,12-14H2,1-3H3,(H2,22,23,24);1H. The fourth-order valence-corrected chi connectivity index (χ4v) is 2.77. The summed E-state index contributed by atoms with van der Waals surface area (Å²) in [6, 6.07) is 10.1. The molecular weight excluding hydrogens is 479 g/mol. The van der Waals surface area contributed by atoms with Crippen LogP contribution < -0.4 is 10.6 Å². The third-order valence-corrected chi connectivity index (χ3v) is 4.27. The van der Waals surface area contributed by atoms with E-state index >= 15 is 0 Å². The average Bonchev–Trinajstić information content (AvgIpc) is 3.37. The molecule has 2 aromatic heterocycles. The highest BCUT2D eigenvalue weighted by Gasteiger charge is 2.08. The highest BCUT2D eigenvalue weighted by molar-refractivity contribution is 14.0. The molecule has 0 saturated heterocycles. The first-order valence-electron chi connectivity index (χ1n) is 9.65. The van der Waals surface area contributed by atoms with Crippen LogP contribution in [0, 0.1) is 12.8 Å². The summed E-state index contributed by atoms with van der Waals surface area (Å²) in [4.78, 5) is 9.17. The van der Waals surface area contributed by atoms with E-state index in [2.05, 4.69) is 58.6 Å². The molecule has 2 N–H and O–H groups in total. The van der Waals surface area contributed by atoms with Gasteiger partial charge >= 0.3 is 0 Å². The summed E-state index contributed by atoms with van der Waals surface area (Å²) >= 11 is 0. The Morgan fingerprint density at radius 2 is 2.03 bits per heavy atom. The molecule has 0 radical (unpaired) electrons. The molecule has 0 bridgehead atoms. The number of hydrogen-bond donors (Lipinski definition) is 2. The minimum absolute atomic E-state index is 0. The lowest BCUT2D eigenvalue weighted by Crippen LogP contribution is -2.40. The van der Waals surface area contributed by atoms with E-state index in [1.54, 1.807) is 12.5 Å². The zero-order valence-corrected chi connectivity index (χ0v) is 19.5. The van der Waals surface area contributed by atoms with Gasteiger partial charge in [0.25, 0.3) is 0 Å². The molecule has 0 aliphatic carbocycles. The number of hydrogen-bond acceptors (Lipinski definition) is 4. The van der Waals surface area contributed by atoms with Crippen molar-refractivity contribution in [1.29, 1.82) is 0 Å². The number of oxazole rings is 1. The third kappa shape index (κ3) is 7.19. The van der Waals surface area contributed by atoms with E-state index < -0.39 is 0 Å². The minimum Gasteiger partial charge on any atom is -0.444 e. The molecule has 156 valence electrons. The Balaban J connectivity index is 0.00000300. The van der Waals surface area contributed by atoms with Crippen LogP contribution in [0.15, 0.2) is 58.4 Å². The van der Waals surface area contributed by atoms with Gasteiger partial charge in [0.1, 0.15) is 12.0 Å². The summed E-state index contributed by atoms with van der Waals surface area (Å²) in [5, 5.41) is 10.9. The Labute approximate surface area is 189 Å². The van der Waals surface area contributed by atoms with E-state index in [9.17, 15) is 0 Å². The van der Waals surface area contributed by atoms with Gasteiger partial charge in [-0.25, -0.2) is 9.98 Å². The van der Waals surface area contributed by atoms with Crippen molar-refractivity contribution in [1.82, 2.24) is 25.4 Å². The molecule has 7 nitrogen and oxygen atoms in total. The van der Waals surface area contributed by atoms with E-state index in [1.807, 2.05) is 29.1 Å². The number of nitrogens with zero attached hydrogens (tertiary/aromatic N) is 4. The van der Waals surface area contributed by atoms with E-state index in [0.717, 1.165) is 36.9 Å². The molecule has 1 unspecified atom stereocenters. The molecule has 3 rings (SSSR count). The molecule has 0 amide bonds. The monoisotopic (exact) mass is 508 g/mol. The molecule has 0 spiro atoms. The van der Waals surface area contributed by atoms with E-state index in [0.29, 0.717) is 18.4 Å². The molecule has 1 atom stereocenters. The van der Waals surface area contributed by atoms with Crippen molar-refractivity contribution >= 4 is 29.9 Å². The Bertz CT molecular complexity index is 873. The largest absolute Gasteiger partial charge is 0.444 e. The second-order valence-electron chi connectivity index (χ2n) is 6.92. The fraction of sp³-hybridized carbons (Fsp3) is 0.381. The smallest absolute Gasteiger partial charge is 0.226 e. The first-order chi connectivity index (χ1) is 13.6. The quantitative estimate of drug-likeness (QED) is 0.275. The highest BCUT2D eigenvalue weighted by atomic mass is 127. The van der Waals surface area contributed by atoms with Gasteiger partial charge in [-0.2, -0.15) is 5.10 Å². The summed E-state index contributed by atoms with van der Waals surface area (Å²) in [7, 11) is 0. The second kappa shape index (κ2) is 11.6. The highest BCUT2D eigenvalue weighted by Crippen LogP contribution is 2.19. The van der Waals surface area contributed by atoms with Gasteiger partial charge in [-0.05, 0) is 38.0 Å². The zero-order valence-electron chi connectivity index (χ0n) is 17.1. The predicted octanol–water partition coefficient (Wildman–Crippen LogP) is 3.86. The fourth-order valence-electron chi connectivity index (χ4n) is 2.77. The summed E-state index contributed by atoms with van der Waals surface area (Å²) < 4.78 is 7.55. The normalized spacial score (nSPS) is 12.3. The molecule has 0 aliphatic heterocycles. The van der Waals surface area contributed by atoms with Crippen molar-refractivity contribution < 1.29 is 4.42 Å². The van der Waals surface area contributed by atoms with E-state index in [-0.39, 0.29) is 24.0 Å². The first-order valence-corrected chi connectivity index (χ1v) is 9.65. The van der Waals surface area contributed by atoms with Crippen molar-refractivity contribution in [3.05, 3.63) is 60.2 Å². The number of aryl methyl sites for hydroxylation is 1. The predicted molar refractivity (Wildman–Crippen MR) is 126 cm³/mol. The number of halogens is 1. The summed E-state index contributed by atoms with van der Waals surface area (Å²) in [6.07, 6.45) is 5.45. The van der Waals surface area contributed by atoms with Crippen molar-refractivity contribution in [2.24, 2.45) is 10.9 Å². The Hall–Kier alpha value is -2.36. The lowest BCUT2D eigenvalue weighted by molar-refractivity contribution is 0.443. The molecule has 0 saturated carbocycles. The van der Waals surface area contributed by atoms with Crippen molar-refractivity contribution in [3.63, 3.8) is 0 Å². The third-order valence-electron chi connectivity index (χ3n) is 4.27. The lowest BCUT2D eigenvalue weighted by Gasteiger charge is -2.15. The Morgan fingerprint density at radius 1 is 1.24 bits per heavy atom. The number of benzene rings is 1. The molecule has 2 heterocycles. The zero-order chi connectivity index (χ0) is 19.8. The maximum absolute atomic E-state index is 5.61. The molecule has 1 aromatic carbocycles. The number of aromatic nitrogens is 3. The SMILES string of the molecule is CCNC(=NCc1coc(-c2ccc(C)cc2)n1)NCC(C)Cn1cccn1.I. The minimum atomic E-state index is 0. The number of rotatable bonds is 8. The van der Waals surface area contributed by atoms with Crippen molar-refractivity contribution in [2.45, 2.75) is 33.9 Å². The first kappa shape index (κ1) is 22.9. The molecule has 3 aromatic rings. The van der Waals surface area contributed by atoms with Gasteiger partial charge in [-0.15, -0.1) is 24.0 Å². The van der Waals surface area contributed by atoms with Crippen LogP contribution in [0.3, 0.4) is 0 Å². The topological polar surface area (TPSA) is 80.3 Å². The van der Waals surface area contributed by atoms with Crippen molar-refractivity contribution in [3.8, 4) is 11.5 Å². The van der Waals surface area contributed by atoms with E-state index in [4.69, 9.17) is 4.42 Å². The summed E-state index contributed by atoms with van der Waals surface area (Å²) in [5.41, 5.74) is 2.99. The molecule has 8 heteroatoms. The number of aliphatic imine (C=N–C) groups is 1. The Kier molecular flexibility index (Phi) is 9.17. The van der Waals surface area contributed by atoms with Gasteiger partial charge in [0.05, 0.1) is 6.54 Å². The van der Waals surface area contributed by atoms with Crippen LogP contribution >= 0.6 is 24.0 Å². The number of nitrogens with one attached hydrogen (secondary N) is 2. The van der Waals surface area contributed by atoms with Crippen LogP contribution in [0.5, 0.6) is 0 Å². The van der Waals surface area contributed by atoms with Gasteiger partial charge in [-0.3, -0.25) is 4.68 Å². The molecule has 0 aliphatic rings. The molecule has 0 fully saturated rings. The van der Waals surface area contributed by atoms with Gasteiger partial charge in [0.15, 0.2) is 5.96 Å². The second-order valence-corrected chi connectivity index (χ2v) is 6.92. The van der Waals surface area contributed by atoms with Gasteiger partial charge < -0.3 is 15.1 Å². The average molecular weight is 508 g/mol. The van der Waals surface area contributed by atoms with Crippen LogP contribution in [-0.4, -0.2) is 33.8 Å². The van der Waals surface area contributed by atoms with Crippen LogP contribution in [0.2, 0.25) is 0 Å². The van der Waals surface area contributed by atoms with E-state index in [1.165, 1.54) is 5.56 Å². The molecule has 29 heavy (non-hydrogen) atoms. The van der Waals surface area contributed by atoms with Crippen LogP contribution in [0.4, 0.5) is 0 Å². The van der Waals surface area contributed by atoms with Gasteiger partial charge in [0.2, 0.25) is 5.89 Å². The maximum atomic E-state index is 5.61. The van der Waals surface area contributed by atoms with Crippen LogP contribution in [0.1, 0.15) is 25.1 Å². The van der Waals surface area contributed by atoms with Crippen LogP contribution in [-0.2, 0) is 13.1 Å². The summed E-state index contributed by atoms with van der Waals surface area (Å²) in [6.45, 7) is 9.22. The summed E-state index contributed by atoms with van der Waals surface area (Å²) in [5.74, 6) is 1.81. The number of guanidine groups is 1. The molecular formula is C21H29IN6O. The maximum Gasteiger partial charge on any atom is 0.226 e. The van der Waals surface area contributed by atoms with Gasteiger partial charge in [0, 0.05) is 37.6 Å². The Morgan fingerprint density at radius 3 is 2.72 bits per heavy atom. The van der Waals surface area contributed by atoms with Crippen LogP contribution in [0.25, 0.3) is 11.5 Å². The van der Waals surface area contributed by atoms with Crippen molar-refractivity contribution in [2.75, 3.05) is 13.1 Å². The lowest BCUT2D eigenvalue weighted by atomic mass is 10.1.